The Bertz CT molecular complexity index is 1260. The third-order valence-corrected chi connectivity index (χ3v) is 7.77. The van der Waals surface area contributed by atoms with Gasteiger partial charge in [-0.3, -0.25) is 14.6 Å². The third-order valence-electron chi connectivity index (χ3n) is 7.56. The Balaban J connectivity index is 1.25. The van der Waals surface area contributed by atoms with Gasteiger partial charge in [0.25, 0.3) is 18.2 Å². The summed E-state index contributed by atoms with van der Waals surface area (Å²) < 4.78 is 26.6. The first kappa shape index (κ1) is 25.5. The average molecular weight is 528 g/mol. The van der Waals surface area contributed by atoms with Crippen LogP contribution in [-0.2, 0) is 10.4 Å². The number of carbonyl (C=O) groups excluding carboxylic acids is 2. The number of carbonyl (C=O) groups is 2. The smallest absolute Gasteiger partial charge is 0.281 e. The van der Waals surface area contributed by atoms with Gasteiger partial charge in [0, 0.05) is 30.1 Å². The van der Waals surface area contributed by atoms with Crippen molar-refractivity contribution < 1.29 is 23.5 Å². The van der Waals surface area contributed by atoms with Crippen LogP contribution in [0.1, 0.15) is 66.6 Å². The van der Waals surface area contributed by atoms with Crippen molar-refractivity contribution in [2.75, 3.05) is 6.54 Å². The summed E-state index contributed by atoms with van der Waals surface area (Å²) >= 11 is 5.88. The summed E-state index contributed by atoms with van der Waals surface area (Å²) in [6, 6.07) is 10.1. The van der Waals surface area contributed by atoms with Gasteiger partial charge in [0.15, 0.2) is 5.60 Å². The Hall–Kier alpha value is -3.10. The van der Waals surface area contributed by atoms with E-state index in [-0.39, 0.29) is 28.5 Å². The molecule has 194 valence electrons. The van der Waals surface area contributed by atoms with Gasteiger partial charge < -0.3 is 15.3 Å². The third kappa shape index (κ3) is 4.80. The second kappa shape index (κ2) is 10.3. The molecule has 9 heteroatoms. The molecular weight excluding hydrogens is 500 g/mol. The molecule has 2 amide bonds. The molecule has 2 aromatic rings. The van der Waals surface area contributed by atoms with Gasteiger partial charge in [-0.1, -0.05) is 54.1 Å². The van der Waals surface area contributed by atoms with E-state index in [1.54, 1.807) is 17.0 Å². The molecule has 37 heavy (non-hydrogen) atoms. The molecule has 1 atom stereocenters. The zero-order valence-corrected chi connectivity index (χ0v) is 20.9. The van der Waals surface area contributed by atoms with Gasteiger partial charge in [0.2, 0.25) is 0 Å². The first-order chi connectivity index (χ1) is 17.8. The lowest BCUT2D eigenvalue weighted by Crippen LogP contribution is -2.43. The number of rotatable bonds is 6. The highest BCUT2D eigenvalue weighted by Gasteiger charge is 2.52. The van der Waals surface area contributed by atoms with E-state index < -0.39 is 23.6 Å². The summed E-state index contributed by atoms with van der Waals surface area (Å²) in [4.78, 5) is 31.7. The lowest BCUT2D eigenvalue weighted by atomic mass is 9.84. The molecule has 0 saturated heterocycles. The van der Waals surface area contributed by atoms with Crippen molar-refractivity contribution >= 4 is 23.4 Å². The van der Waals surface area contributed by atoms with Crippen LogP contribution in [0.4, 0.5) is 8.78 Å². The highest BCUT2D eigenvalue weighted by atomic mass is 35.5. The average Bonchev–Trinajstić information content (AvgIpc) is 3.12. The predicted molar refractivity (Wildman–Crippen MR) is 135 cm³/mol. The lowest BCUT2D eigenvalue weighted by molar-refractivity contribution is -0.143. The Labute approximate surface area is 219 Å². The maximum atomic E-state index is 13.6. The Morgan fingerprint density at radius 2 is 1.95 bits per heavy atom. The van der Waals surface area contributed by atoms with Gasteiger partial charge in [-0.15, -0.1) is 0 Å². The molecular formula is C28H28ClF2N3O3. The van der Waals surface area contributed by atoms with Crippen LogP contribution in [0.2, 0.25) is 5.02 Å². The molecule has 2 N–H and O–H groups in total. The Morgan fingerprint density at radius 3 is 2.65 bits per heavy atom. The van der Waals surface area contributed by atoms with Gasteiger partial charge in [0.05, 0.1) is 10.6 Å². The number of aliphatic hydroxyl groups is 1. The minimum absolute atomic E-state index is 0.121. The number of hydrogen-bond donors (Lipinski definition) is 2. The van der Waals surface area contributed by atoms with Crippen LogP contribution in [0, 0.1) is 5.92 Å². The second-order valence-corrected chi connectivity index (χ2v) is 10.3. The van der Waals surface area contributed by atoms with Gasteiger partial charge in [-0.25, -0.2) is 8.78 Å². The van der Waals surface area contributed by atoms with Crippen LogP contribution in [-0.4, -0.2) is 39.4 Å². The van der Waals surface area contributed by atoms with Gasteiger partial charge >= 0.3 is 0 Å². The summed E-state index contributed by atoms with van der Waals surface area (Å²) in [5.74, 6) is -0.738. The molecule has 1 aromatic carbocycles. The summed E-state index contributed by atoms with van der Waals surface area (Å²) in [5, 5.41) is 14.6. The molecule has 5 rings (SSSR count). The van der Waals surface area contributed by atoms with Crippen LogP contribution in [0.5, 0.6) is 0 Å². The number of benzene rings is 1. The first-order valence-electron chi connectivity index (χ1n) is 12.5. The number of hydrogen-bond acceptors (Lipinski definition) is 4. The first-order valence-corrected chi connectivity index (χ1v) is 12.9. The molecule has 2 heterocycles. The van der Waals surface area contributed by atoms with Crippen molar-refractivity contribution in [1.29, 1.82) is 0 Å². The van der Waals surface area contributed by atoms with Crippen LogP contribution >= 0.6 is 11.6 Å². The highest BCUT2D eigenvalue weighted by molar-refractivity contribution is 6.30. The van der Waals surface area contributed by atoms with Crippen LogP contribution in [0.3, 0.4) is 0 Å². The van der Waals surface area contributed by atoms with Crippen molar-refractivity contribution in [2.24, 2.45) is 5.92 Å². The van der Waals surface area contributed by atoms with Crippen molar-refractivity contribution in [3.05, 3.63) is 87.9 Å². The van der Waals surface area contributed by atoms with Crippen LogP contribution < -0.4 is 5.32 Å². The summed E-state index contributed by atoms with van der Waals surface area (Å²) in [5.41, 5.74) is -0.391. The number of nitrogens with one attached hydrogen (secondary N) is 1. The molecule has 3 aliphatic rings. The van der Waals surface area contributed by atoms with E-state index in [9.17, 15) is 23.5 Å². The number of nitrogens with zero attached hydrogens (tertiary/aromatic N) is 2. The number of alkyl halides is 2. The fourth-order valence-corrected chi connectivity index (χ4v) is 5.82. The zero-order chi connectivity index (χ0) is 26.2. The fraction of sp³-hybridized carbons (Fsp3) is 0.393. The number of aromatic nitrogens is 1. The maximum Gasteiger partial charge on any atom is 0.281 e. The topological polar surface area (TPSA) is 82.5 Å². The van der Waals surface area contributed by atoms with E-state index in [1.165, 1.54) is 6.07 Å². The van der Waals surface area contributed by atoms with Crippen LogP contribution in [0.15, 0.2) is 66.0 Å². The summed E-state index contributed by atoms with van der Waals surface area (Å²) in [7, 11) is 0. The number of amides is 2. The minimum Gasteiger partial charge on any atom is -0.372 e. The van der Waals surface area contributed by atoms with Crippen molar-refractivity contribution in [3.63, 3.8) is 0 Å². The number of halogens is 3. The molecule has 0 bridgehead atoms. The van der Waals surface area contributed by atoms with Gasteiger partial charge in [-0.05, 0) is 56.1 Å². The summed E-state index contributed by atoms with van der Waals surface area (Å²) in [6.07, 6.45) is 6.42. The monoisotopic (exact) mass is 527 g/mol. The zero-order valence-electron chi connectivity index (χ0n) is 20.2. The van der Waals surface area contributed by atoms with E-state index in [2.05, 4.69) is 10.3 Å². The molecule has 1 aromatic heterocycles. The molecule has 0 radical (unpaired) electrons. The van der Waals surface area contributed by atoms with E-state index in [1.807, 2.05) is 30.4 Å². The van der Waals surface area contributed by atoms with E-state index in [4.69, 9.17) is 11.6 Å². The lowest BCUT2D eigenvalue weighted by Gasteiger charge is -2.33. The second-order valence-electron chi connectivity index (χ2n) is 9.87. The van der Waals surface area contributed by atoms with E-state index in [0.29, 0.717) is 36.9 Å². The normalized spacial score (nSPS) is 25.5. The molecule has 0 spiro atoms. The maximum absolute atomic E-state index is 13.6. The van der Waals surface area contributed by atoms with E-state index in [0.717, 1.165) is 31.2 Å². The molecule has 6 nitrogen and oxygen atoms in total. The molecule has 1 unspecified atom stereocenters. The fourth-order valence-electron chi connectivity index (χ4n) is 5.66. The quantitative estimate of drug-likeness (QED) is 0.534. The predicted octanol–water partition coefficient (Wildman–Crippen LogP) is 5.30. The largest absolute Gasteiger partial charge is 0.372 e. The Kier molecular flexibility index (Phi) is 7.14. The van der Waals surface area contributed by atoms with Crippen molar-refractivity contribution in [1.82, 2.24) is 15.2 Å². The van der Waals surface area contributed by atoms with Crippen molar-refractivity contribution in [2.45, 2.75) is 56.6 Å². The SMILES string of the molecule is O=C(NC1CCC(CN2C(=O)C(O)(c3ccccc3)C3=C2CCC=C3)CC1)c1cc(Cl)cnc1C(F)F. The molecule has 1 fully saturated rings. The van der Waals surface area contributed by atoms with E-state index >= 15 is 0 Å². The van der Waals surface area contributed by atoms with Gasteiger partial charge in [0.1, 0.15) is 5.69 Å². The molecule has 1 saturated carbocycles. The Morgan fingerprint density at radius 1 is 1.22 bits per heavy atom. The number of pyridine rings is 1. The van der Waals surface area contributed by atoms with Crippen molar-refractivity contribution in [3.8, 4) is 0 Å². The molecule has 2 aliphatic carbocycles. The number of allylic oxidation sites excluding steroid dienone is 2. The standard InChI is InChI=1S/C28H28ClF2N3O3/c29-19-14-21(24(25(30)31)32-15-19)26(35)33-20-12-10-17(11-13-20)16-34-23-9-5-4-8-22(23)28(37,27(34)36)18-6-2-1-3-7-18/h1-4,6-8,14-15,17,20,25,37H,5,9-13,16H2,(H,33,35). The van der Waals surface area contributed by atoms with Gasteiger partial charge in [-0.2, -0.15) is 0 Å². The highest BCUT2D eigenvalue weighted by Crippen LogP contribution is 2.45. The van der Waals surface area contributed by atoms with Crippen LogP contribution in [0.25, 0.3) is 0 Å². The minimum atomic E-state index is -2.88. The molecule has 1 aliphatic heterocycles. The summed E-state index contributed by atoms with van der Waals surface area (Å²) in [6.45, 7) is 0.495.